The molecule has 2 rings (SSSR count). The zero-order chi connectivity index (χ0) is 14.2. The Balaban J connectivity index is 2.38. The summed E-state index contributed by atoms with van der Waals surface area (Å²) < 4.78 is 4.12. The van der Waals surface area contributed by atoms with Gasteiger partial charge in [0.1, 0.15) is 0 Å². The highest BCUT2D eigenvalue weighted by atomic mass is 15.3. The van der Waals surface area contributed by atoms with E-state index in [1.807, 2.05) is 31.3 Å². The number of nitrogens with one attached hydrogen (secondary N) is 1. The van der Waals surface area contributed by atoms with E-state index in [-0.39, 0.29) is 5.54 Å². The molecule has 0 fully saturated rings. The van der Waals surface area contributed by atoms with Crippen molar-refractivity contribution in [2.45, 2.75) is 39.8 Å². The second kappa shape index (κ2) is 4.81. The molecule has 0 aliphatic carbocycles. The van der Waals surface area contributed by atoms with Gasteiger partial charge in [-0.1, -0.05) is 0 Å². The third-order valence-corrected chi connectivity index (χ3v) is 3.96. The summed E-state index contributed by atoms with van der Waals surface area (Å²) in [4.78, 5) is 4.29. The summed E-state index contributed by atoms with van der Waals surface area (Å²) >= 11 is 0. The summed E-state index contributed by atoms with van der Waals surface area (Å²) in [6.07, 6.45) is 3.82. The highest BCUT2D eigenvalue weighted by Gasteiger charge is 2.23. The van der Waals surface area contributed by atoms with E-state index in [4.69, 9.17) is 0 Å². The van der Waals surface area contributed by atoms with E-state index in [1.54, 1.807) is 0 Å². The van der Waals surface area contributed by atoms with Crippen molar-refractivity contribution in [1.82, 2.24) is 24.6 Å². The summed E-state index contributed by atoms with van der Waals surface area (Å²) in [6.45, 7) is 9.29. The highest BCUT2D eigenvalue weighted by Crippen LogP contribution is 2.21. The number of nitrogens with zero attached hydrogens (tertiary/aromatic N) is 4. The molecule has 0 aliphatic rings. The molecule has 0 unspecified atom stereocenters. The molecule has 19 heavy (non-hydrogen) atoms. The molecule has 0 aliphatic heterocycles. The monoisotopic (exact) mass is 261 g/mol. The summed E-state index contributed by atoms with van der Waals surface area (Å²) in [5, 5.41) is 7.79. The maximum absolute atomic E-state index is 4.47. The topological polar surface area (TPSA) is 47.7 Å². The molecule has 5 heteroatoms. The lowest BCUT2D eigenvalue weighted by Crippen LogP contribution is -2.35. The van der Waals surface area contributed by atoms with Gasteiger partial charge in [-0.3, -0.25) is 4.68 Å². The molecule has 1 N–H and O–H groups in total. The van der Waals surface area contributed by atoms with Crippen LogP contribution in [0.1, 0.15) is 36.5 Å². The quantitative estimate of drug-likeness (QED) is 0.912. The Kier molecular flexibility index (Phi) is 3.49. The summed E-state index contributed by atoms with van der Waals surface area (Å²) in [5.74, 6) is 0. The van der Waals surface area contributed by atoms with Crippen LogP contribution in [-0.2, 0) is 19.1 Å². The smallest absolute Gasteiger partial charge is 0.0951 e. The van der Waals surface area contributed by atoms with E-state index in [0.29, 0.717) is 0 Å². The van der Waals surface area contributed by atoms with Gasteiger partial charge in [0.25, 0.3) is 0 Å². The molecule has 104 valence electrons. The van der Waals surface area contributed by atoms with Crippen molar-refractivity contribution in [3.63, 3.8) is 0 Å². The lowest BCUT2D eigenvalue weighted by Gasteiger charge is -2.25. The highest BCUT2D eigenvalue weighted by molar-refractivity contribution is 5.26. The van der Waals surface area contributed by atoms with E-state index >= 15 is 0 Å². The summed E-state index contributed by atoms with van der Waals surface area (Å²) in [5.41, 5.74) is 4.65. The van der Waals surface area contributed by atoms with Gasteiger partial charge in [-0.25, -0.2) is 4.98 Å². The van der Waals surface area contributed by atoms with Crippen LogP contribution in [-0.4, -0.2) is 26.4 Å². The predicted molar refractivity (Wildman–Crippen MR) is 76.1 cm³/mol. The molecule has 0 radical (unpaired) electrons. The molecular weight excluding hydrogens is 238 g/mol. The Hall–Kier alpha value is -1.62. The lowest BCUT2D eigenvalue weighted by molar-refractivity contribution is 0.413. The van der Waals surface area contributed by atoms with Gasteiger partial charge >= 0.3 is 0 Å². The van der Waals surface area contributed by atoms with Crippen LogP contribution in [0.4, 0.5) is 0 Å². The maximum atomic E-state index is 4.47. The number of aryl methyl sites for hydroxylation is 2. The van der Waals surface area contributed by atoms with Gasteiger partial charge in [-0.15, -0.1) is 0 Å². The molecule has 0 amide bonds. The van der Waals surface area contributed by atoms with E-state index in [0.717, 1.165) is 12.2 Å². The molecule has 2 aromatic heterocycles. The zero-order valence-corrected chi connectivity index (χ0v) is 12.7. The first-order chi connectivity index (χ1) is 8.86. The van der Waals surface area contributed by atoms with Crippen LogP contribution in [0.5, 0.6) is 0 Å². The van der Waals surface area contributed by atoms with Crippen LogP contribution >= 0.6 is 0 Å². The van der Waals surface area contributed by atoms with Gasteiger partial charge in [-0.05, 0) is 34.7 Å². The zero-order valence-electron chi connectivity index (χ0n) is 12.7. The maximum Gasteiger partial charge on any atom is 0.0951 e. The van der Waals surface area contributed by atoms with Crippen molar-refractivity contribution in [2.75, 3.05) is 7.05 Å². The van der Waals surface area contributed by atoms with Gasteiger partial charge in [0, 0.05) is 18.3 Å². The van der Waals surface area contributed by atoms with Crippen molar-refractivity contribution in [2.24, 2.45) is 7.05 Å². The van der Waals surface area contributed by atoms with Gasteiger partial charge in [0.2, 0.25) is 0 Å². The van der Waals surface area contributed by atoms with Crippen LogP contribution in [0.2, 0.25) is 0 Å². The van der Waals surface area contributed by atoms with Crippen LogP contribution < -0.4 is 5.32 Å². The molecule has 2 heterocycles. The summed E-state index contributed by atoms with van der Waals surface area (Å²) in [6, 6.07) is 0. The van der Waals surface area contributed by atoms with Gasteiger partial charge in [0.15, 0.2) is 0 Å². The Labute approximate surface area is 114 Å². The third kappa shape index (κ3) is 2.42. The van der Waals surface area contributed by atoms with Crippen molar-refractivity contribution in [1.29, 1.82) is 0 Å². The number of hydrogen-bond acceptors (Lipinski definition) is 3. The van der Waals surface area contributed by atoms with E-state index in [9.17, 15) is 0 Å². The Bertz CT molecular complexity index is 577. The fourth-order valence-corrected chi connectivity index (χ4v) is 2.31. The van der Waals surface area contributed by atoms with Crippen molar-refractivity contribution < 1.29 is 0 Å². The number of hydrogen-bond donors (Lipinski definition) is 1. The van der Waals surface area contributed by atoms with Crippen LogP contribution in [0.15, 0.2) is 12.5 Å². The summed E-state index contributed by atoms with van der Waals surface area (Å²) in [7, 11) is 3.95. The second-order valence-corrected chi connectivity index (χ2v) is 5.55. The number of imidazole rings is 1. The van der Waals surface area contributed by atoms with Crippen LogP contribution in [0.3, 0.4) is 0 Å². The van der Waals surface area contributed by atoms with Gasteiger partial charge in [0.05, 0.1) is 36.0 Å². The molecule has 0 aromatic carbocycles. The van der Waals surface area contributed by atoms with Gasteiger partial charge < -0.3 is 9.88 Å². The van der Waals surface area contributed by atoms with Crippen LogP contribution in [0, 0.1) is 13.8 Å². The Morgan fingerprint density at radius 2 is 2.00 bits per heavy atom. The van der Waals surface area contributed by atoms with Crippen molar-refractivity contribution in [3.05, 3.63) is 35.2 Å². The Morgan fingerprint density at radius 1 is 1.32 bits per heavy atom. The Morgan fingerprint density at radius 3 is 2.53 bits per heavy atom. The van der Waals surface area contributed by atoms with Crippen molar-refractivity contribution >= 4 is 0 Å². The molecule has 0 bridgehead atoms. The first-order valence-corrected chi connectivity index (χ1v) is 6.55. The largest absolute Gasteiger partial charge is 0.328 e. The normalized spacial score (nSPS) is 12.1. The average Bonchev–Trinajstić information content (AvgIpc) is 2.91. The predicted octanol–water partition coefficient (Wildman–Crippen LogP) is 1.74. The number of aromatic nitrogens is 4. The van der Waals surface area contributed by atoms with E-state index < -0.39 is 0 Å². The number of rotatable bonds is 4. The standard InChI is InChI=1S/C14H23N5/c1-10-12(11(2)18(6)17-10)8-19-9-16-7-13(19)14(3,4)15-5/h7,9,15H,8H2,1-6H3. The van der Waals surface area contributed by atoms with Crippen LogP contribution in [0.25, 0.3) is 0 Å². The minimum absolute atomic E-state index is 0.0967. The van der Waals surface area contributed by atoms with E-state index in [1.165, 1.54) is 17.0 Å². The van der Waals surface area contributed by atoms with E-state index in [2.05, 4.69) is 47.7 Å². The first-order valence-electron chi connectivity index (χ1n) is 6.55. The first kappa shape index (κ1) is 13.8. The molecular formula is C14H23N5. The molecule has 0 atom stereocenters. The molecule has 0 spiro atoms. The van der Waals surface area contributed by atoms with Gasteiger partial charge in [-0.2, -0.15) is 5.10 Å². The molecule has 0 saturated heterocycles. The molecule has 2 aromatic rings. The molecule has 0 saturated carbocycles. The minimum atomic E-state index is -0.0967. The molecule has 5 nitrogen and oxygen atoms in total. The third-order valence-electron chi connectivity index (χ3n) is 3.96. The SMILES string of the molecule is CNC(C)(C)c1cncn1Cc1c(C)nn(C)c1C. The fraction of sp³-hybridized carbons (Fsp3) is 0.571. The minimum Gasteiger partial charge on any atom is -0.328 e. The van der Waals surface area contributed by atoms with Crippen molar-refractivity contribution in [3.8, 4) is 0 Å². The fourth-order valence-electron chi connectivity index (χ4n) is 2.31. The average molecular weight is 261 g/mol. The second-order valence-electron chi connectivity index (χ2n) is 5.55. The lowest BCUT2D eigenvalue weighted by atomic mass is 10.0.